The molecule has 21 heavy (non-hydrogen) atoms. The molecule has 1 amide bonds. The maximum Gasteiger partial charge on any atom is 0.338 e. The van der Waals surface area contributed by atoms with Crippen molar-refractivity contribution in [2.45, 2.75) is 26.4 Å². The second-order valence-corrected chi connectivity index (χ2v) is 4.53. The normalized spacial score (nSPS) is 9.81. The minimum Gasteiger partial charge on any atom is -0.491 e. The molecule has 0 atom stereocenters. The molecule has 6 heteroatoms. The molecule has 0 heterocycles. The van der Waals surface area contributed by atoms with Gasteiger partial charge in [-0.05, 0) is 38.1 Å². The highest BCUT2D eigenvalue weighted by molar-refractivity contribution is 5.91. The van der Waals surface area contributed by atoms with Crippen LogP contribution in [0, 0.1) is 11.3 Å². The van der Waals surface area contributed by atoms with Gasteiger partial charge in [0.05, 0.1) is 24.2 Å². The van der Waals surface area contributed by atoms with Crippen LogP contribution in [0.4, 0.5) is 0 Å². The van der Waals surface area contributed by atoms with Crippen LogP contribution < -0.4 is 10.1 Å². The van der Waals surface area contributed by atoms with Crippen LogP contribution in [0.2, 0.25) is 0 Å². The summed E-state index contributed by atoms with van der Waals surface area (Å²) in [5.74, 6) is -0.351. The molecule has 0 saturated heterocycles. The van der Waals surface area contributed by atoms with Crippen molar-refractivity contribution in [1.82, 2.24) is 5.32 Å². The Balaban J connectivity index is 2.41. The smallest absolute Gasteiger partial charge is 0.338 e. The summed E-state index contributed by atoms with van der Waals surface area (Å²) in [5, 5.41) is 10.8. The zero-order valence-corrected chi connectivity index (χ0v) is 12.1. The van der Waals surface area contributed by atoms with E-state index < -0.39 is 11.9 Å². The molecule has 1 N–H and O–H groups in total. The first-order valence-corrected chi connectivity index (χ1v) is 6.60. The van der Waals surface area contributed by atoms with Gasteiger partial charge in [0, 0.05) is 6.54 Å². The van der Waals surface area contributed by atoms with Crippen molar-refractivity contribution in [2.75, 3.05) is 13.2 Å². The van der Waals surface area contributed by atoms with Crippen LogP contribution in [0.15, 0.2) is 24.3 Å². The second-order valence-electron chi connectivity index (χ2n) is 4.53. The Morgan fingerprint density at radius 2 is 1.95 bits per heavy atom. The van der Waals surface area contributed by atoms with Gasteiger partial charge in [-0.1, -0.05) is 0 Å². The van der Waals surface area contributed by atoms with Gasteiger partial charge in [-0.3, -0.25) is 4.79 Å². The van der Waals surface area contributed by atoms with E-state index in [1.807, 2.05) is 19.9 Å². The van der Waals surface area contributed by atoms with E-state index in [0.29, 0.717) is 11.3 Å². The molecule has 0 aliphatic rings. The van der Waals surface area contributed by atoms with Crippen molar-refractivity contribution < 1.29 is 19.1 Å². The van der Waals surface area contributed by atoms with Gasteiger partial charge in [-0.15, -0.1) is 0 Å². The van der Waals surface area contributed by atoms with Gasteiger partial charge >= 0.3 is 5.97 Å². The quantitative estimate of drug-likeness (QED) is 0.609. The number of esters is 1. The molecule has 0 aromatic heterocycles. The Kier molecular flexibility index (Phi) is 6.75. The fourth-order valence-electron chi connectivity index (χ4n) is 1.47. The number of ether oxygens (including phenoxy) is 2. The maximum atomic E-state index is 11.7. The Morgan fingerprint density at radius 1 is 1.29 bits per heavy atom. The number of carbonyl (C=O) groups is 2. The maximum absolute atomic E-state index is 11.7. The molecule has 112 valence electrons. The number of nitrogens with zero attached hydrogens (tertiary/aromatic N) is 1. The number of hydrogen-bond acceptors (Lipinski definition) is 5. The van der Waals surface area contributed by atoms with Gasteiger partial charge < -0.3 is 14.8 Å². The first-order valence-electron chi connectivity index (χ1n) is 6.60. The molecule has 0 radical (unpaired) electrons. The second kappa shape index (κ2) is 8.59. The molecule has 1 aromatic rings. The molecule has 0 spiro atoms. The van der Waals surface area contributed by atoms with E-state index in [9.17, 15) is 9.59 Å². The fourth-order valence-corrected chi connectivity index (χ4v) is 1.47. The van der Waals surface area contributed by atoms with Gasteiger partial charge in [0.25, 0.3) is 5.91 Å². The van der Waals surface area contributed by atoms with Crippen molar-refractivity contribution in [1.29, 1.82) is 5.26 Å². The third kappa shape index (κ3) is 6.43. The van der Waals surface area contributed by atoms with Gasteiger partial charge in [0.2, 0.25) is 0 Å². The summed E-state index contributed by atoms with van der Waals surface area (Å²) >= 11 is 0. The molecule has 6 nitrogen and oxygen atoms in total. The average molecular weight is 290 g/mol. The topological polar surface area (TPSA) is 88.4 Å². The molecule has 0 unspecified atom stereocenters. The van der Waals surface area contributed by atoms with E-state index in [1.54, 1.807) is 24.3 Å². The van der Waals surface area contributed by atoms with Crippen LogP contribution >= 0.6 is 0 Å². The van der Waals surface area contributed by atoms with Crippen molar-refractivity contribution in [3.05, 3.63) is 29.8 Å². The SMILES string of the molecule is CC(C)Oc1ccc(C(=O)OCC(=O)NCCC#N)cc1. The highest BCUT2D eigenvalue weighted by Gasteiger charge is 2.10. The number of nitriles is 1. The van der Waals surface area contributed by atoms with Crippen LogP contribution in [-0.2, 0) is 9.53 Å². The van der Waals surface area contributed by atoms with Crippen LogP contribution in [0.1, 0.15) is 30.6 Å². The molecule has 0 bridgehead atoms. The number of amides is 1. The lowest BCUT2D eigenvalue weighted by molar-refractivity contribution is -0.124. The number of rotatable bonds is 7. The van der Waals surface area contributed by atoms with Gasteiger partial charge in [-0.2, -0.15) is 5.26 Å². The van der Waals surface area contributed by atoms with Crippen LogP contribution in [0.5, 0.6) is 5.75 Å². The molecule has 0 saturated carbocycles. The van der Waals surface area contributed by atoms with E-state index in [-0.39, 0.29) is 25.7 Å². The standard InChI is InChI=1S/C15H18N2O4/c1-11(2)21-13-6-4-12(5-7-13)15(19)20-10-14(18)17-9-3-8-16/h4-7,11H,3,9-10H2,1-2H3,(H,17,18). The number of benzene rings is 1. The largest absolute Gasteiger partial charge is 0.491 e. The summed E-state index contributed by atoms with van der Waals surface area (Å²) in [6, 6.07) is 8.39. The Hall–Kier alpha value is -2.55. The van der Waals surface area contributed by atoms with Crippen molar-refractivity contribution in [2.24, 2.45) is 0 Å². The van der Waals surface area contributed by atoms with Gasteiger partial charge in [0.1, 0.15) is 5.75 Å². The van der Waals surface area contributed by atoms with E-state index in [2.05, 4.69) is 5.32 Å². The summed E-state index contributed by atoms with van der Waals surface area (Å²) in [6.45, 7) is 3.70. The molecular weight excluding hydrogens is 272 g/mol. The first-order chi connectivity index (χ1) is 10.0. The van der Waals surface area contributed by atoms with E-state index in [0.717, 1.165) is 0 Å². The van der Waals surface area contributed by atoms with Gasteiger partial charge in [0.15, 0.2) is 6.61 Å². The third-order valence-electron chi connectivity index (χ3n) is 2.36. The summed E-state index contributed by atoms with van der Waals surface area (Å²) in [6.07, 6.45) is 0.275. The minimum absolute atomic E-state index is 0.0555. The average Bonchev–Trinajstić information content (AvgIpc) is 2.45. The molecule has 0 aliphatic carbocycles. The number of hydrogen-bond donors (Lipinski definition) is 1. The number of carbonyl (C=O) groups excluding carboxylic acids is 2. The lowest BCUT2D eigenvalue weighted by Gasteiger charge is -2.10. The lowest BCUT2D eigenvalue weighted by atomic mass is 10.2. The van der Waals surface area contributed by atoms with Crippen LogP contribution in [0.25, 0.3) is 0 Å². The Morgan fingerprint density at radius 3 is 2.52 bits per heavy atom. The molecular formula is C15H18N2O4. The summed E-state index contributed by atoms with van der Waals surface area (Å²) in [5.41, 5.74) is 0.343. The third-order valence-corrected chi connectivity index (χ3v) is 2.36. The monoisotopic (exact) mass is 290 g/mol. The molecule has 0 aliphatic heterocycles. The predicted octanol–water partition coefficient (Wildman–Crippen LogP) is 1.66. The highest BCUT2D eigenvalue weighted by atomic mass is 16.5. The molecule has 1 rings (SSSR count). The van der Waals surface area contributed by atoms with Crippen LogP contribution in [-0.4, -0.2) is 31.1 Å². The lowest BCUT2D eigenvalue weighted by Crippen LogP contribution is -2.29. The van der Waals surface area contributed by atoms with Gasteiger partial charge in [-0.25, -0.2) is 4.79 Å². The Bertz CT molecular complexity index is 517. The molecule has 1 aromatic carbocycles. The highest BCUT2D eigenvalue weighted by Crippen LogP contribution is 2.14. The zero-order chi connectivity index (χ0) is 15.7. The summed E-state index contributed by atoms with van der Waals surface area (Å²) < 4.78 is 10.3. The number of nitrogens with one attached hydrogen (secondary N) is 1. The first kappa shape index (κ1) is 16.5. The summed E-state index contributed by atoms with van der Waals surface area (Å²) in [7, 11) is 0. The van der Waals surface area contributed by atoms with E-state index in [1.165, 1.54) is 0 Å². The van der Waals surface area contributed by atoms with Crippen molar-refractivity contribution in [3.63, 3.8) is 0 Å². The summed E-state index contributed by atoms with van der Waals surface area (Å²) in [4.78, 5) is 23.0. The van der Waals surface area contributed by atoms with Crippen molar-refractivity contribution in [3.8, 4) is 11.8 Å². The van der Waals surface area contributed by atoms with Crippen LogP contribution in [0.3, 0.4) is 0 Å². The zero-order valence-electron chi connectivity index (χ0n) is 12.1. The Labute approximate surface area is 123 Å². The van der Waals surface area contributed by atoms with E-state index >= 15 is 0 Å². The van der Waals surface area contributed by atoms with Crippen molar-refractivity contribution >= 4 is 11.9 Å². The van der Waals surface area contributed by atoms with E-state index in [4.69, 9.17) is 14.7 Å². The fraction of sp³-hybridized carbons (Fsp3) is 0.400. The molecule has 0 fully saturated rings. The predicted molar refractivity (Wildman–Crippen MR) is 75.7 cm³/mol. The minimum atomic E-state index is -0.582.